The highest BCUT2D eigenvalue weighted by Gasteiger charge is 2.41. The van der Waals surface area contributed by atoms with E-state index >= 15 is 0 Å². The van der Waals surface area contributed by atoms with Crippen LogP contribution in [0.15, 0.2) is 23.1 Å². The van der Waals surface area contributed by atoms with Crippen LogP contribution in [-0.4, -0.2) is 48.8 Å². The lowest BCUT2D eigenvalue weighted by Crippen LogP contribution is -2.43. The van der Waals surface area contributed by atoms with E-state index in [0.29, 0.717) is 29.9 Å². The van der Waals surface area contributed by atoms with Crippen LogP contribution in [0.2, 0.25) is 0 Å². The maximum Gasteiger partial charge on any atom is 0.276 e. The lowest BCUT2D eigenvalue weighted by molar-refractivity contribution is -0.131. The highest BCUT2D eigenvalue weighted by Crippen LogP contribution is 2.43. The van der Waals surface area contributed by atoms with Gasteiger partial charge in [-0.05, 0) is 74.1 Å². The second-order valence-electron chi connectivity index (χ2n) is 11.1. The Morgan fingerprint density at radius 1 is 1.05 bits per heavy atom. The fraction of sp³-hybridized carbons (Fsp3) is 0.615. The molecule has 3 aliphatic rings. The van der Waals surface area contributed by atoms with Gasteiger partial charge in [0.1, 0.15) is 11.9 Å². The first kappa shape index (κ1) is 25.8. The molecule has 3 saturated carbocycles. The summed E-state index contributed by atoms with van der Waals surface area (Å²) in [5.74, 6) is -4.15. The third-order valence-electron chi connectivity index (χ3n) is 8.34. The van der Waals surface area contributed by atoms with Gasteiger partial charge in [-0.25, -0.2) is 27.3 Å². The summed E-state index contributed by atoms with van der Waals surface area (Å²) in [6.07, 6.45) is 5.01. The Balaban J connectivity index is 1.27. The summed E-state index contributed by atoms with van der Waals surface area (Å²) in [4.78, 5) is 30.4. The first-order valence-corrected chi connectivity index (χ1v) is 13.5. The molecule has 3 heterocycles. The fourth-order valence-corrected chi connectivity index (χ4v) is 5.62. The van der Waals surface area contributed by atoms with E-state index < -0.39 is 30.0 Å². The highest BCUT2D eigenvalue weighted by atomic mass is 19.3. The van der Waals surface area contributed by atoms with Gasteiger partial charge in [0.15, 0.2) is 11.3 Å². The van der Waals surface area contributed by atoms with Gasteiger partial charge in [-0.1, -0.05) is 5.16 Å². The van der Waals surface area contributed by atoms with Gasteiger partial charge in [0.05, 0.1) is 36.1 Å². The summed E-state index contributed by atoms with van der Waals surface area (Å²) in [7, 11) is 0. The number of fused-ring (bicyclic) bond motifs is 1. The van der Waals surface area contributed by atoms with Crippen LogP contribution >= 0.6 is 0 Å². The number of alkyl halides is 3. The normalized spacial score (nSPS) is 24.6. The van der Waals surface area contributed by atoms with Crippen molar-refractivity contribution in [2.45, 2.75) is 82.5 Å². The molecule has 3 fully saturated rings. The molecule has 4 atom stereocenters. The summed E-state index contributed by atoms with van der Waals surface area (Å²) >= 11 is 0. The minimum absolute atomic E-state index is 0.0234. The van der Waals surface area contributed by atoms with Gasteiger partial charge in [-0.15, -0.1) is 0 Å². The van der Waals surface area contributed by atoms with Gasteiger partial charge < -0.3 is 10.6 Å². The molecule has 208 valence electrons. The van der Waals surface area contributed by atoms with E-state index in [4.69, 9.17) is 4.98 Å². The molecule has 3 aliphatic carbocycles. The van der Waals surface area contributed by atoms with Crippen molar-refractivity contribution in [2.75, 3.05) is 0 Å². The number of rotatable bonds is 8. The SMILES string of the molecule is Cc1nonc1C(=O)N[C@H](c1cn2ncc([C@H](NC(=O)[C@H]3CC[C@H]3F)C3CC3)cc2n1)C1CCC(F)(F)CC1. The number of aryl methyl sites for hydroxylation is 1. The molecule has 3 aromatic heterocycles. The Labute approximate surface area is 222 Å². The molecule has 0 saturated heterocycles. The first-order valence-electron chi connectivity index (χ1n) is 13.5. The second-order valence-corrected chi connectivity index (χ2v) is 11.1. The number of carbonyl (C=O) groups is 2. The molecule has 3 aromatic rings. The van der Waals surface area contributed by atoms with Gasteiger partial charge in [0.2, 0.25) is 11.8 Å². The van der Waals surface area contributed by atoms with Crippen molar-refractivity contribution in [1.29, 1.82) is 0 Å². The van der Waals surface area contributed by atoms with Crippen molar-refractivity contribution in [3.63, 3.8) is 0 Å². The minimum atomic E-state index is -2.73. The van der Waals surface area contributed by atoms with Crippen LogP contribution in [0.4, 0.5) is 13.2 Å². The third kappa shape index (κ3) is 5.22. The lowest BCUT2D eigenvalue weighted by Gasteiger charge is -2.33. The molecule has 2 N–H and O–H groups in total. The third-order valence-corrected chi connectivity index (χ3v) is 8.34. The van der Waals surface area contributed by atoms with Crippen LogP contribution in [0.25, 0.3) is 5.65 Å². The van der Waals surface area contributed by atoms with Crippen molar-refractivity contribution < 1.29 is 27.4 Å². The van der Waals surface area contributed by atoms with Crippen molar-refractivity contribution >= 4 is 17.5 Å². The standard InChI is InChI=1S/C26H30F3N7O3/c1-13-21(35-39-34-13)25(38)33-23(15-6-8-26(28,29)9-7-15)19-12-36-20(31-19)10-16(11-30-36)22(14-2-3-14)32-24(37)17-4-5-18(17)27/h10-12,14-15,17-18,22-23H,2-9H2,1H3,(H,32,37)(H,33,38)/t17-,18+,22+,23-/m0/s1. The number of carbonyl (C=O) groups excluding carboxylic acids is 2. The van der Waals surface area contributed by atoms with Crippen LogP contribution in [0.3, 0.4) is 0 Å². The number of imidazole rings is 1. The molecule has 0 spiro atoms. The van der Waals surface area contributed by atoms with Gasteiger partial charge in [-0.3, -0.25) is 9.59 Å². The quantitative estimate of drug-likeness (QED) is 0.438. The largest absolute Gasteiger partial charge is 0.349 e. The van der Waals surface area contributed by atoms with Crippen LogP contribution in [0.5, 0.6) is 0 Å². The molecule has 0 unspecified atom stereocenters. The Bertz CT molecular complexity index is 1380. The van der Waals surface area contributed by atoms with E-state index in [1.165, 1.54) is 0 Å². The molecular weight excluding hydrogens is 515 g/mol. The topological polar surface area (TPSA) is 127 Å². The number of aromatic nitrogens is 5. The summed E-state index contributed by atoms with van der Waals surface area (Å²) in [6.45, 7) is 1.59. The second kappa shape index (κ2) is 9.91. The van der Waals surface area contributed by atoms with Crippen LogP contribution in [-0.2, 0) is 4.79 Å². The van der Waals surface area contributed by atoms with Crippen LogP contribution < -0.4 is 10.6 Å². The first-order chi connectivity index (χ1) is 18.7. The van der Waals surface area contributed by atoms with E-state index in [1.54, 1.807) is 23.8 Å². The maximum absolute atomic E-state index is 13.9. The average molecular weight is 546 g/mol. The molecule has 0 bridgehead atoms. The van der Waals surface area contributed by atoms with Crippen molar-refractivity contribution in [1.82, 2.24) is 35.5 Å². The smallest absolute Gasteiger partial charge is 0.276 e. The number of nitrogens with one attached hydrogen (secondary N) is 2. The maximum atomic E-state index is 13.9. The molecule has 2 amide bonds. The predicted octanol–water partition coefficient (Wildman–Crippen LogP) is 4.03. The van der Waals surface area contributed by atoms with Crippen molar-refractivity contribution in [3.05, 3.63) is 41.1 Å². The Morgan fingerprint density at radius 3 is 2.41 bits per heavy atom. The lowest BCUT2D eigenvalue weighted by atomic mass is 9.81. The highest BCUT2D eigenvalue weighted by molar-refractivity contribution is 5.93. The zero-order chi connectivity index (χ0) is 27.3. The van der Waals surface area contributed by atoms with E-state index in [2.05, 4.69) is 30.7 Å². The molecule has 0 aliphatic heterocycles. The van der Waals surface area contributed by atoms with Crippen molar-refractivity contribution in [3.8, 4) is 0 Å². The number of hydrogen-bond donors (Lipinski definition) is 2. The number of amides is 2. The number of nitrogens with zero attached hydrogens (tertiary/aromatic N) is 5. The Morgan fingerprint density at radius 2 is 1.79 bits per heavy atom. The van der Waals surface area contributed by atoms with Gasteiger partial charge in [-0.2, -0.15) is 5.10 Å². The number of halogens is 3. The Kier molecular flexibility index (Phi) is 6.54. The van der Waals surface area contributed by atoms with Crippen LogP contribution in [0.1, 0.15) is 90.9 Å². The molecule has 39 heavy (non-hydrogen) atoms. The molecule has 0 radical (unpaired) electrons. The van der Waals surface area contributed by atoms with E-state index in [0.717, 1.165) is 18.4 Å². The average Bonchev–Trinajstić information content (AvgIpc) is 3.50. The van der Waals surface area contributed by atoms with E-state index in [-0.39, 0.29) is 55.2 Å². The van der Waals surface area contributed by atoms with E-state index in [9.17, 15) is 22.8 Å². The summed E-state index contributed by atoms with van der Waals surface area (Å²) in [5, 5.41) is 17.7. The summed E-state index contributed by atoms with van der Waals surface area (Å²) in [6, 6.07) is 0.878. The fourth-order valence-electron chi connectivity index (χ4n) is 5.62. The van der Waals surface area contributed by atoms with Gasteiger partial charge in [0, 0.05) is 12.8 Å². The molecule has 0 aromatic carbocycles. The zero-order valence-corrected chi connectivity index (χ0v) is 21.4. The summed E-state index contributed by atoms with van der Waals surface area (Å²) in [5.41, 5.74) is 2.09. The monoisotopic (exact) mass is 545 g/mol. The van der Waals surface area contributed by atoms with E-state index in [1.807, 2.05) is 6.07 Å². The Hall–Kier alpha value is -3.51. The molecule has 6 rings (SSSR count). The summed E-state index contributed by atoms with van der Waals surface area (Å²) < 4.78 is 47.9. The number of hydrogen-bond acceptors (Lipinski definition) is 7. The zero-order valence-electron chi connectivity index (χ0n) is 21.4. The predicted molar refractivity (Wildman–Crippen MR) is 130 cm³/mol. The van der Waals surface area contributed by atoms with Gasteiger partial charge in [0.25, 0.3) is 5.91 Å². The van der Waals surface area contributed by atoms with Crippen molar-refractivity contribution in [2.24, 2.45) is 17.8 Å². The van der Waals surface area contributed by atoms with Crippen LogP contribution in [0, 0.1) is 24.7 Å². The molecular formula is C26H30F3N7O3. The van der Waals surface area contributed by atoms with Gasteiger partial charge >= 0.3 is 0 Å². The molecule has 10 nitrogen and oxygen atoms in total. The molecule has 13 heteroatoms. The minimum Gasteiger partial charge on any atom is -0.349 e.